The van der Waals surface area contributed by atoms with Crippen molar-refractivity contribution >= 4 is 17.7 Å². The van der Waals surface area contributed by atoms with E-state index >= 15 is 0 Å². The Morgan fingerprint density at radius 2 is 1.72 bits per heavy atom. The first kappa shape index (κ1) is 24.7. The maximum Gasteiger partial charge on any atom is 0.228 e. The van der Waals surface area contributed by atoms with Crippen LogP contribution in [-0.4, -0.2) is 35.1 Å². The quantitative estimate of drug-likeness (QED) is 0.474. The van der Waals surface area contributed by atoms with Crippen molar-refractivity contribution in [3.63, 3.8) is 0 Å². The summed E-state index contributed by atoms with van der Waals surface area (Å²) in [5.74, 6) is 0.150. The maximum absolute atomic E-state index is 14.2. The number of piperidine rings is 1. The van der Waals surface area contributed by atoms with Crippen LogP contribution in [0.5, 0.6) is 0 Å². The van der Waals surface area contributed by atoms with Crippen molar-refractivity contribution in [2.75, 3.05) is 11.9 Å². The van der Waals surface area contributed by atoms with Crippen LogP contribution in [-0.2, 0) is 9.53 Å². The second-order valence-corrected chi connectivity index (χ2v) is 11.5. The van der Waals surface area contributed by atoms with E-state index in [9.17, 15) is 9.90 Å². The van der Waals surface area contributed by atoms with E-state index in [1.807, 2.05) is 26.8 Å². The van der Waals surface area contributed by atoms with Gasteiger partial charge in [-0.05, 0) is 42.9 Å². The molecule has 1 amide bonds. The summed E-state index contributed by atoms with van der Waals surface area (Å²) in [7, 11) is 0. The third-order valence-electron chi connectivity index (χ3n) is 7.85. The largest absolute Gasteiger partial charge is 0.595 e. The van der Waals surface area contributed by atoms with E-state index in [1.54, 1.807) is 0 Å². The van der Waals surface area contributed by atoms with Gasteiger partial charge in [-0.2, -0.15) is 0 Å². The molecule has 2 aromatic carbocycles. The lowest BCUT2D eigenvalue weighted by atomic mass is 9.73. The van der Waals surface area contributed by atoms with E-state index in [-0.39, 0.29) is 35.9 Å². The SMILES string of the molecule is CC(C)(C)OC([O-])=N[C@@H]1CCCC[C@@H]1C(=O)N1CCC[C@H]2[C@@H](c3ccccc3)Nc3ccccc3[C@H]21. The number of benzene rings is 2. The van der Waals surface area contributed by atoms with Crippen LogP contribution >= 0.6 is 0 Å². The average molecular weight is 489 g/mol. The monoisotopic (exact) mass is 488 g/mol. The lowest BCUT2D eigenvalue weighted by molar-refractivity contribution is -0.261. The number of para-hydroxylation sites is 1. The molecule has 1 saturated heterocycles. The van der Waals surface area contributed by atoms with E-state index < -0.39 is 11.7 Å². The van der Waals surface area contributed by atoms with Crippen LogP contribution < -0.4 is 10.4 Å². The lowest BCUT2D eigenvalue weighted by Crippen LogP contribution is -2.51. The maximum atomic E-state index is 14.2. The highest BCUT2D eigenvalue weighted by molar-refractivity contribution is 5.81. The Labute approximate surface area is 214 Å². The van der Waals surface area contributed by atoms with Crippen LogP contribution in [0, 0.1) is 11.8 Å². The first-order valence-corrected chi connectivity index (χ1v) is 13.5. The molecule has 6 heteroatoms. The van der Waals surface area contributed by atoms with Gasteiger partial charge in [0.15, 0.2) is 0 Å². The van der Waals surface area contributed by atoms with Gasteiger partial charge in [-0.25, -0.2) is 0 Å². The number of nitrogens with one attached hydrogen (secondary N) is 1. The van der Waals surface area contributed by atoms with E-state index in [0.29, 0.717) is 0 Å². The van der Waals surface area contributed by atoms with Crippen LogP contribution in [0.2, 0.25) is 0 Å². The molecule has 0 spiro atoms. The molecule has 1 N–H and O–H groups in total. The van der Waals surface area contributed by atoms with Crippen molar-refractivity contribution in [2.45, 2.75) is 83.0 Å². The second kappa shape index (κ2) is 10.2. The van der Waals surface area contributed by atoms with Gasteiger partial charge in [-0.1, -0.05) is 82.1 Å². The molecule has 3 aliphatic rings. The number of nitrogens with zero attached hydrogens (tertiary/aromatic N) is 2. The molecule has 6 nitrogen and oxygen atoms in total. The summed E-state index contributed by atoms with van der Waals surface area (Å²) in [6, 6.07) is 18.8. The highest BCUT2D eigenvalue weighted by Gasteiger charge is 2.46. The number of ether oxygens (including phenoxy) is 1. The van der Waals surface area contributed by atoms with Gasteiger partial charge in [0.1, 0.15) is 6.08 Å². The van der Waals surface area contributed by atoms with Crippen LogP contribution in [0.4, 0.5) is 5.69 Å². The van der Waals surface area contributed by atoms with E-state index in [1.165, 1.54) is 11.1 Å². The minimum atomic E-state index is -0.597. The predicted molar refractivity (Wildman–Crippen MR) is 140 cm³/mol. The molecule has 1 saturated carbocycles. The van der Waals surface area contributed by atoms with Crippen molar-refractivity contribution in [2.24, 2.45) is 16.8 Å². The standard InChI is InChI=1S/C30H39N3O3/c1-30(2,3)36-29(35)32-25-18-10-8-15-22(25)28(34)33-19-11-16-23-26(20-12-5-4-6-13-20)31-24-17-9-7-14-21(24)27(23)33/h4-7,9,12-14,17,22-23,25-27,31H,8,10-11,15-16,18-19H2,1-3H3,(H,32,35)/p-1/t22-,23-,25+,26+,27+/m0/s1. The van der Waals surface area contributed by atoms with Gasteiger partial charge in [-0.15, -0.1) is 0 Å². The number of hydrogen-bond acceptors (Lipinski definition) is 5. The minimum Gasteiger partial charge on any atom is -0.595 e. The zero-order valence-corrected chi connectivity index (χ0v) is 21.7. The summed E-state index contributed by atoms with van der Waals surface area (Å²) in [6.45, 7) is 6.27. The molecule has 0 bridgehead atoms. The number of hydrogen-bond donors (Lipinski definition) is 1. The number of fused-ring (bicyclic) bond motifs is 3. The van der Waals surface area contributed by atoms with Crippen LogP contribution in [0.3, 0.4) is 0 Å². The van der Waals surface area contributed by atoms with Gasteiger partial charge in [0.25, 0.3) is 0 Å². The number of likely N-dealkylation sites (tertiary alicyclic amines) is 1. The number of rotatable bonds is 3. The molecule has 1 aliphatic carbocycles. The van der Waals surface area contributed by atoms with Gasteiger partial charge in [-0.3, -0.25) is 9.79 Å². The fourth-order valence-electron chi connectivity index (χ4n) is 6.36. The Hall–Kier alpha value is -3.02. The summed E-state index contributed by atoms with van der Waals surface area (Å²) in [5.41, 5.74) is 2.96. The first-order chi connectivity index (χ1) is 17.3. The normalized spacial score (nSPS) is 28.5. The molecular weight excluding hydrogens is 450 g/mol. The fourth-order valence-corrected chi connectivity index (χ4v) is 6.36. The molecule has 2 aliphatic heterocycles. The smallest absolute Gasteiger partial charge is 0.228 e. The fraction of sp³-hybridized carbons (Fsp3) is 0.533. The molecule has 0 radical (unpaired) electrons. The summed E-state index contributed by atoms with van der Waals surface area (Å²) >= 11 is 0. The zero-order valence-electron chi connectivity index (χ0n) is 21.7. The number of carbonyl (C=O) groups is 1. The van der Waals surface area contributed by atoms with E-state index in [0.717, 1.165) is 50.8 Å². The molecule has 0 unspecified atom stereocenters. The second-order valence-electron chi connectivity index (χ2n) is 11.5. The summed E-state index contributed by atoms with van der Waals surface area (Å²) in [4.78, 5) is 20.8. The van der Waals surface area contributed by atoms with Gasteiger partial charge in [0.05, 0.1) is 24.0 Å². The Balaban J connectivity index is 1.46. The van der Waals surface area contributed by atoms with Crippen molar-refractivity contribution in [3.8, 4) is 0 Å². The minimum absolute atomic E-state index is 0.0120. The van der Waals surface area contributed by atoms with Crippen molar-refractivity contribution in [1.29, 1.82) is 0 Å². The summed E-state index contributed by atoms with van der Waals surface area (Å²) in [6.07, 6.45) is 4.97. The third-order valence-corrected chi connectivity index (χ3v) is 7.85. The van der Waals surface area contributed by atoms with Gasteiger partial charge >= 0.3 is 0 Å². The molecule has 5 rings (SSSR count). The van der Waals surface area contributed by atoms with E-state index in [4.69, 9.17) is 4.74 Å². The number of anilines is 1. The predicted octanol–water partition coefficient (Wildman–Crippen LogP) is 5.22. The van der Waals surface area contributed by atoms with Gasteiger partial charge in [0.2, 0.25) is 5.91 Å². The van der Waals surface area contributed by atoms with Crippen molar-refractivity contribution < 1.29 is 14.6 Å². The summed E-state index contributed by atoms with van der Waals surface area (Å²) in [5, 5.41) is 16.3. The Kier molecular flexibility index (Phi) is 6.96. The van der Waals surface area contributed by atoms with E-state index in [2.05, 4.69) is 63.7 Å². The van der Waals surface area contributed by atoms with Gasteiger partial charge < -0.3 is 20.1 Å². The Morgan fingerprint density at radius 1 is 1.00 bits per heavy atom. The van der Waals surface area contributed by atoms with Gasteiger partial charge in [0, 0.05) is 23.8 Å². The van der Waals surface area contributed by atoms with Crippen molar-refractivity contribution in [3.05, 3.63) is 65.7 Å². The van der Waals surface area contributed by atoms with Crippen LogP contribution in [0.1, 0.15) is 82.5 Å². The first-order valence-electron chi connectivity index (χ1n) is 13.5. The molecule has 2 aromatic rings. The third kappa shape index (κ3) is 5.09. The molecule has 192 valence electrons. The molecule has 36 heavy (non-hydrogen) atoms. The molecule has 5 atom stereocenters. The highest BCUT2D eigenvalue weighted by atomic mass is 16.6. The summed E-state index contributed by atoms with van der Waals surface area (Å²) < 4.78 is 5.47. The Morgan fingerprint density at radius 3 is 2.50 bits per heavy atom. The lowest BCUT2D eigenvalue weighted by Gasteiger charge is -2.50. The van der Waals surface area contributed by atoms with Crippen LogP contribution in [0.25, 0.3) is 0 Å². The topological polar surface area (TPSA) is 77.0 Å². The van der Waals surface area contributed by atoms with Crippen molar-refractivity contribution in [1.82, 2.24) is 4.90 Å². The molecular formula is C30H38N3O3-. The van der Waals surface area contributed by atoms with Crippen LogP contribution in [0.15, 0.2) is 59.6 Å². The average Bonchev–Trinajstić information content (AvgIpc) is 2.87. The number of aliphatic imine (C=N–C) groups is 1. The molecule has 0 aromatic heterocycles. The zero-order chi connectivity index (χ0) is 25.3. The molecule has 2 heterocycles. The Bertz CT molecular complexity index is 1090. The highest BCUT2D eigenvalue weighted by Crippen LogP contribution is 2.50. The number of carbonyl (C=O) groups excluding carboxylic acids is 1. The molecule has 2 fully saturated rings. The number of amides is 1.